The molecule has 156 valence electrons. The highest BCUT2D eigenvalue weighted by Crippen LogP contribution is 2.28. The van der Waals surface area contributed by atoms with Gasteiger partial charge >= 0.3 is 0 Å². The van der Waals surface area contributed by atoms with Crippen LogP contribution in [0.25, 0.3) is 17.1 Å². The minimum atomic E-state index is -0.0685. The SMILES string of the molecule is COc1ccc(-n2c(SCC(=O)NCc3ccccc3)nnc2-c2cccnc2)cc1. The fourth-order valence-electron chi connectivity index (χ4n) is 2.99. The van der Waals surface area contributed by atoms with Crippen molar-refractivity contribution in [2.75, 3.05) is 12.9 Å². The molecule has 0 aliphatic carbocycles. The van der Waals surface area contributed by atoms with Crippen LogP contribution in [0.1, 0.15) is 5.56 Å². The van der Waals surface area contributed by atoms with Gasteiger partial charge in [0.2, 0.25) is 5.91 Å². The minimum absolute atomic E-state index is 0.0685. The van der Waals surface area contributed by atoms with Crippen LogP contribution < -0.4 is 10.1 Å². The standard InChI is InChI=1S/C23H21N5O2S/c1-30-20-11-9-19(10-12-20)28-22(18-8-5-13-24-15-18)26-27-23(28)31-16-21(29)25-14-17-6-3-2-4-7-17/h2-13,15H,14,16H2,1H3,(H,25,29). The van der Waals surface area contributed by atoms with E-state index < -0.39 is 0 Å². The Balaban J connectivity index is 1.54. The van der Waals surface area contributed by atoms with E-state index in [4.69, 9.17) is 4.74 Å². The van der Waals surface area contributed by atoms with Crippen molar-refractivity contribution < 1.29 is 9.53 Å². The largest absolute Gasteiger partial charge is 0.497 e. The molecule has 0 radical (unpaired) electrons. The number of carbonyl (C=O) groups excluding carboxylic acids is 1. The van der Waals surface area contributed by atoms with E-state index in [1.165, 1.54) is 11.8 Å². The van der Waals surface area contributed by atoms with E-state index >= 15 is 0 Å². The van der Waals surface area contributed by atoms with Crippen molar-refractivity contribution in [1.29, 1.82) is 0 Å². The van der Waals surface area contributed by atoms with Gasteiger partial charge in [-0.1, -0.05) is 42.1 Å². The fourth-order valence-corrected chi connectivity index (χ4v) is 3.77. The van der Waals surface area contributed by atoms with Gasteiger partial charge in [-0.2, -0.15) is 0 Å². The number of pyridine rings is 1. The third-order valence-electron chi connectivity index (χ3n) is 4.55. The Labute approximate surface area is 184 Å². The molecule has 0 fully saturated rings. The van der Waals surface area contributed by atoms with Crippen molar-refractivity contribution in [2.45, 2.75) is 11.7 Å². The van der Waals surface area contributed by atoms with Crippen LogP contribution >= 0.6 is 11.8 Å². The molecule has 2 aromatic heterocycles. The third-order valence-corrected chi connectivity index (χ3v) is 5.48. The number of ether oxygens (including phenoxy) is 1. The van der Waals surface area contributed by atoms with Crippen LogP contribution in [0.3, 0.4) is 0 Å². The van der Waals surface area contributed by atoms with E-state index in [0.717, 1.165) is 22.6 Å². The number of nitrogens with zero attached hydrogens (tertiary/aromatic N) is 4. The lowest BCUT2D eigenvalue weighted by Gasteiger charge is -2.11. The second-order valence-corrected chi connectivity index (χ2v) is 7.57. The summed E-state index contributed by atoms with van der Waals surface area (Å²) in [5.74, 6) is 1.58. The number of nitrogens with one attached hydrogen (secondary N) is 1. The summed E-state index contributed by atoms with van der Waals surface area (Å²) in [7, 11) is 1.63. The zero-order valence-corrected chi connectivity index (χ0v) is 17.7. The van der Waals surface area contributed by atoms with Crippen LogP contribution in [0.2, 0.25) is 0 Å². The van der Waals surface area contributed by atoms with E-state index in [1.807, 2.05) is 71.3 Å². The van der Waals surface area contributed by atoms with Gasteiger partial charge in [-0.25, -0.2) is 0 Å². The molecule has 0 saturated heterocycles. The predicted octanol–water partition coefficient (Wildman–Crippen LogP) is 3.75. The number of thioether (sulfide) groups is 1. The number of rotatable bonds is 8. The monoisotopic (exact) mass is 431 g/mol. The molecule has 2 aromatic carbocycles. The number of amides is 1. The fraction of sp³-hybridized carbons (Fsp3) is 0.130. The van der Waals surface area contributed by atoms with Crippen molar-refractivity contribution >= 4 is 17.7 Å². The van der Waals surface area contributed by atoms with Crippen molar-refractivity contribution in [3.8, 4) is 22.8 Å². The number of hydrogen-bond acceptors (Lipinski definition) is 6. The van der Waals surface area contributed by atoms with Gasteiger partial charge in [-0.05, 0) is 42.0 Å². The van der Waals surface area contributed by atoms with Crippen LogP contribution in [-0.4, -0.2) is 38.5 Å². The molecule has 2 heterocycles. The lowest BCUT2D eigenvalue weighted by molar-refractivity contribution is -0.118. The van der Waals surface area contributed by atoms with Crippen LogP contribution in [0.15, 0.2) is 84.3 Å². The van der Waals surface area contributed by atoms with Crippen molar-refractivity contribution in [2.24, 2.45) is 0 Å². The number of hydrogen-bond donors (Lipinski definition) is 1. The topological polar surface area (TPSA) is 81.9 Å². The average molecular weight is 432 g/mol. The van der Waals surface area contributed by atoms with Crippen LogP contribution in [0.5, 0.6) is 5.75 Å². The molecule has 0 aliphatic heterocycles. The van der Waals surface area contributed by atoms with E-state index in [1.54, 1.807) is 19.5 Å². The highest BCUT2D eigenvalue weighted by molar-refractivity contribution is 7.99. The average Bonchev–Trinajstić information content (AvgIpc) is 3.26. The maximum atomic E-state index is 12.4. The second-order valence-electron chi connectivity index (χ2n) is 6.63. The minimum Gasteiger partial charge on any atom is -0.497 e. The van der Waals surface area contributed by atoms with Crippen LogP contribution in [0.4, 0.5) is 0 Å². The highest BCUT2D eigenvalue weighted by atomic mass is 32.2. The summed E-state index contributed by atoms with van der Waals surface area (Å²) < 4.78 is 7.19. The predicted molar refractivity (Wildman–Crippen MR) is 120 cm³/mol. The summed E-state index contributed by atoms with van der Waals surface area (Å²) in [6.07, 6.45) is 3.45. The molecule has 31 heavy (non-hydrogen) atoms. The molecule has 1 amide bonds. The number of aromatic nitrogens is 4. The maximum absolute atomic E-state index is 12.4. The van der Waals surface area contributed by atoms with Crippen molar-refractivity contribution in [3.63, 3.8) is 0 Å². The molecule has 7 nitrogen and oxygen atoms in total. The molecule has 0 aliphatic rings. The van der Waals surface area contributed by atoms with Gasteiger partial charge in [-0.3, -0.25) is 14.3 Å². The molecule has 0 atom stereocenters. The quantitative estimate of drug-likeness (QED) is 0.428. The molecule has 0 saturated carbocycles. The molecule has 4 rings (SSSR count). The van der Waals surface area contributed by atoms with Gasteiger partial charge in [0.25, 0.3) is 0 Å². The van der Waals surface area contributed by atoms with E-state index in [2.05, 4.69) is 20.5 Å². The van der Waals surface area contributed by atoms with Crippen LogP contribution in [-0.2, 0) is 11.3 Å². The van der Waals surface area contributed by atoms with Gasteiger partial charge in [0, 0.05) is 30.2 Å². The smallest absolute Gasteiger partial charge is 0.230 e. The first-order valence-corrected chi connectivity index (χ1v) is 10.7. The lowest BCUT2D eigenvalue weighted by atomic mass is 10.2. The summed E-state index contributed by atoms with van der Waals surface area (Å²) in [4.78, 5) is 16.6. The lowest BCUT2D eigenvalue weighted by Crippen LogP contribution is -2.24. The molecule has 0 unspecified atom stereocenters. The molecular weight excluding hydrogens is 410 g/mol. The summed E-state index contributed by atoms with van der Waals surface area (Å²) in [5, 5.41) is 12.3. The molecule has 0 spiro atoms. The third kappa shape index (κ3) is 5.10. The maximum Gasteiger partial charge on any atom is 0.230 e. The second kappa shape index (κ2) is 9.90. The Hall–Kier alpha value is -3.65. The molecular formula is C23H21N5O2S. The Morgan fingerprint density at radius 3 is 2.55 bits per heavy atom. The summed E-state index contributed by atoms with van der Waals surface area (Å²) in [5.41, 5.74) is 2.77. The molecule has 1 N–H and O–H groups in total. The van der Waals surface area contributed by atoms with Gasteiger partial charge in [0.05, 0.1) is 12.9 Å². The van der Waals surface area contributed by atoms with Gasteiger partial charge in [-0.15, -0.1) is 10.2 Å². The zero-order valence-electron chi connectivity index (χ0n) is 16.9. The Kier molecular flexibility index (Phi) is 6.59. The van der Waals surface area contributed by atoms with Gasteiger partial charge in [0.15, 0.2) is 11.0 Å². The normalized spacial score (nSPS) is 10.6. The molecule has 0 bridgehead atoms. The van der Waals surface area contributed by atoms with Crippen LogP contribution in [0, 0.1) is 0 Å². The van der Waals surface area contributed by atoms with E-state index in [-0.39, 0.29) is 11.7 Å². The first-order chi connectivity index (χ1) is 15.2. The Bertz CT molecular complexity index is 1130. The number of methoxy groups -OCH3 is 1. The summed E-state index contributed by atoms with van der Waals surface area (Å²) in [6, 6.07) is 21.2. The molecule has 4 aromatic rings. The Morgan fingerprint density at radius 1 is 1.03 bits per heavy atom. The van der Waals surface area contributed by atoms with Gasteiger partial charge < -0.3 is 10.1 Å². The summed E-state index contributed by atoms with van der Waals surface area (Å²) in [6.45, 7) is 0.492. The van der Waals surface area contributed by atoms with Crippen molar-refractivity contribution in [3.05, 3.63) is 84.7 Å². The molecule has 8 heteroatoms. The Morgan fingerprint density at radius 2 is 1.84 bits per heavy atom. The zero-order chi connectivity index (χ0) is 21.5. The first-order valence-electron chi connectivity index (χ1n) is 9.68. The van der Waals surface area contributed by atoms with Crippen molar-refractivity contribution in [1.82, 2.24) is 25.1 Å². The number of benzene rings is 2. The first kappa shape index (κ1) is 20.6. The number of carbonyl (C=O) groups is 1. The highest BCUT2D eigenvalue weighted by Gasteiger charge is 2.17. The van der Waals surface area contributed by atoms with E-state index in [9.17, 15) is 4.79 Å². The van der Waals surface area contributed by atoms with E-state index in [0.29, 0.717) is 17.5 Å². The summed E-state index contributed by atoms with van der Waals surface area (Å²) >= 11 is 1.34. The van der Waals surface area contributed by atoms with Gasteiger partial charge in [0.1, 0.15) is 5.75 Å².